The topological polar surface area (TPSA) is 58.2 Å². The summed E-state index contributed by atoms with van der Waals surface area (Å²) < 4.78 is -1.23. The number of benzene rings is 2. The lowest BCUT2D eigenvalue weighted by molar-refractivity contribution is -0.117. The second-order valence-electron chi connectivity index (χ2n) is 7.49. The van der Waals surface area contributed by atoms with E-state index in [1.165, 1.54) is 0 Å². The van der Waals surface area contributed by atoms with Crippen molar-refractivity contribution in [2.75, 3.05) is 11.9 Å². The van der Waals surface area contributed by atoms with Gasteiger partial charge in [0.2, 0.25) is 5.91 Å². The lowest BCUT2D eigenvalue weighted by Crippen LogP contribution is -2.25. The number of nitrogens with one attached hydrogen (secondary N) is 2. The van der Waals surface area contributed by atoms with Crippen LogP contribution in [0.3, 0.4) is 0 Å². The highest BCUT2D eigenvalue weighted by atomic mass is 35.5. The van der Waals surface area contributed by atoms with Crippen molar-refractivity contribution in [3.8, 4) is 0 Å². The quantitative estimate of drug-likeness (QED) is 0.352. The van der Waals surface area contributed by atoms with Gasteiger partial charge >= 0.3 is 0 Å². The van der Waals surface area contributed by atoms with Gasteiger partial charge < -0.3 is 10.6 Å². The van der Waals surface area contributed by atoms with Gasteiger partial charge in [-0.25, -0.2) is 0 Å². The monoisotopic (exact) mass is 486 g/mol. The summed E-state index contributed by atoms with van der Waals surface area (Å²) in [6, 6.07) is 10.3. The number of alkyl halides is 2. The fourth-order valence-corrected chi connectivity index (χ4v) is 4.81. The summed E-state index contributed by atoms with van der Waals surface area (Å²) in [6.45, 7) is 4.52. The number of amides is 2. The van der Waals surface area contributed by atoms with Crippen LogP contribution in [-0.2, 0) is 4.79 Å². The summed E-state index contributed by atoms with van der Waals surface area (Å²) in [5.41, 5.74) is 2.52. The molecule has 0 aromatic heterocycles. The smallest absolute Gasteiger partial charge is 0.252 e. The Balaban J connectivity index is 1.74. The maximum atomic E-state index is 12.9. The largest absolute Gasteiger partial charge is 0.352 e. The minimum absolute atomic E-state index is 0.285. The van der Waals surface area contributed by atoms with E-state index < -0.39 is 10.3 Å². The van der Waals surface area contributed by atoms with Crippen LogP contribution in [0.15, 0.2) is 36.4 Å². The summed E-state index contributed by atoms with van der Waals surface area (Å²) in [5, 5.41) is 6.49. The average molecular weight is 488 g/mol. The molecule has 2 N–H and O–H groups in total. The second kappa shape index (κ2) is 9.35. The predicted molar refractivity (Wildman–Crippen MR) is 124 cm³/mol. The standard InChI is InChI=1S/C22H22Cl4N2O2/c1-3-4-7-27-20(29)16-11-15(5-6-17(16)24)28-21(30)19-18(22(19,25)26)13-8-12(2)9-14(23)10-13/h5-6,8-11,18-19H,3-4,7H2,1-2H3,(H,27,29)(H,28,30). The molecule has 2 unspecified atom stereocenters. The Labute approximate surface area is 196 Å². The molecule has 0 radical (unpaired) electrons. The number of hydrogen-bond donors (Lipinski definition) is 2. The number of carbonyl (C=O) groups excluding carboxylic acids is 2. The molecule has 1 fully saturated rings. The van der Waals surface area contributed by atoms with Crippen molar-refractivity contribution in [2.45, 2.75) is 36.9 Å². The van der Waals surface area contributed by atoms with Gasteiger partial charge in [-0.1, -0.05) is 42.6 Å². The molecule has 2 amide bonds. The fourth-order valence-electron chi connectivity index (χ4n) is 3.48. The van der Waals surface area contributed by atoms with E-state index in [0.29, 0.717) is 27.8 Å². The highest BCUT2D eigenvalue weighted by molar-refractivity contribution is 6.53. The molecule has 0 aliphatic heterocycles. The van der Waals surface area contributed by atoms with Gasteiger partial charge in [0.1, 0.15) is 4.33 Å². The molecule has 0 heterocycles. The van der Waals surface area contributed by atoms with Crippen molar-refractivity contribution in [1.29, 1.82) is 0 Å². The van der Waals surface area contributed by atoms with Crippen LogP contribution in [0.2, 0.25) is 10.0 Å². The van der Waals surface area contributed by atoms with Crippen molar-refractivity contribution in [3.63, 3.8) is 0 Å². The van der Waals surface area contributed by atoms with Crippen LogP contribution in [0, 0.1) is 12.8 Å². The van der Waals surface area contributed by atoms with Gasteiger partial charge in [-0.15, -0.1) is 23.2 Å². The van der Waals surface area contributed by atoms with E-state index in [1.54, 1.807) is 24.3 Å². The van der Waals surface area contributed by atoms with Gasteiger partial charge in [-0.05, 0) is 54.8 Å². The third-order valence-corrected chi connectivity index (χ3v) is 6.54. The molecule has 0 saturated heterocycles. The first-order valence-corrected chi connectivity index (χ1v) is 11.2. The van der Waals surface area contributed by atoms with Gasteiger partial charge in [0.15, 0.2) is 0 Å². The first-order chi connectivity index (χ1) is 14.1. The van der Waals surface area contributed by atoms with Crippen molar-refractivity contribution < 1.29 is 9.59 Å². The molecule has 0 spiro atoms. The maximum Gasteiger partial charge on any atom is 0.252 e. The molecule has 8 heteroatoms. The number of aryl methyl sites for hydroxylation is 1. The van der Waals surface area contributed by atoms with E-state index in [2.05, 4.69) is 10.6 Å². The Morgan fingerprint density at radius 2 is 1.83 bits per heavy atom. The van der Waals surface area contributed by atoms with Crippen molar-refractivity contribution in [3.05, 3.63) is 63.1 Å². The van der Waals surface area contributed by atoms with Crippen LogP contribution in [-0.4, -0.2) is 22.7 Å². The SMILES string of the molecule is CCCCNC(=O)c1cc(NC(=O)C2C(c3cc(C)cc(Cl)c3)C2(Cl)Cl)ccc1Cl. The van der Waals surface area contributed by atoms with Crippen LogP contribution in [0.1, 0.15) is 47.2 Å². The molecule has 3 rings (SSSR count). The normalized spacial score (nSPS) is 19.3. The van der Waals surface area contributed by atoms with Crippen LogP contribution in [0.5, 0.6) is 0 Å². The van der Waals surface area contributed by atoms with Crippen LogP contribution in [0.4, 0.5) is 5.69 Å². The van der Waals surface area contributed by atoms with Crippen molar-refractivity contribution in [2.24, 2.45) is 5.92 Å². The molecular weight excluding hydrogens is 466 g/mol. The van der Waals surface area contributed by atoms with Crippen LogP contribution in [0.25, 0.3) is 0 Å². The molecule has 1 saturated carbocycles. The Kier molecular flexibility index (Phi) is 7.24. The van der Waals surface area contributed by atoms with Crippen molar-refractivity contribution >= 4 is 63.9 Å². The highest BCUT2D eigenvalue weighted by Crippen LogP contribution is 2.65. The molecule has 2 aromatic carbocycles. The Bertz CT molecular complexity index is 957. The fraction of sp³-hybridized carbons (Fsp3) is 0.364. The third kappa shape index (κ3) is 5.05. The second-order valence-corrected chi connectivity index (χ2v) is 9.77. The molecule has 2 aromatic rings. The molecule has 2 atom stereocenters. The molecular formula is C22H22Cl4N2O2. The lowest BCUT2D eigenvalue weighted by Gasteiger charge is -2.10. The molecule has 30 heavy (non-hydrogen) atoms. The summed E-state index contributed by atoms with van der Waals surface area (Å²) in [4.78, 5) is 25.2. The Morgan fingerprint density at radius 1 is 1.10 bits per heavy atom. The predicted octanol–water partition coefficient (Wildman–Crippen LogP) is 6.36. The van der Waals surface area contributed by atoms with E-state index >= 15 is 0 Å². The van der Waals surface area contributed by atoms with Crippen LogP contribution < -0.4 is 10.6 Å². The molecule has 1 aliphatic carbocycles. The molecule has 1 aliphatic rings. The van der Waals surface area contributed by atoms with Gasteiger partial charge in [-0.3, -0.25) is 9.59 Å². The van der Waals surface area contributed by atoms with E-state index in [4.69, 9.17) is 46.4 Å². The van der Waals surface area contributed by atoms with Gasteiger partial charge in [0.25, 0.3) is 5.91 Å². The molecule has 160 valence electrons. The van der Waals surface area contributed by atoms with Crippen molar-refractivity contribution in [1.82, 2.24) is 5.32 Å². The number of halogens is 4. The minimum atomic E-state index is -1.23. The first kappa shape index (κ1) is 23.2. The average Bonchev–Trinajstić information content (AvgIpc) is 3.25. The Morgan fingerprint density at radius 3 is 2.50 bits per heavy atom. The molecule has 4 nitrogen and oxygen atoms in total. The molecule has 0 bridgehead atoms. The Hall–Kier alpha value is -1.46. The van der Waals surface area contributed by atoms with E-state index in [9.17, 15) is 9.59 Å². The van der Waals surface area contributed by atoms with E-state index in [-0.39, 0.29) is 17.7 Å². The van der Waals surface area contributed by atoms with E-state index in [0.717, 1.165) is 24.0 Å². The highest BCUT2D eigenvalue weighted by Gasteiger charge is 2.67. The first-order valence-electron chi connectivity index (χ1n) is 9.68. The number of hydrogen-bond acceptors (Lipinski definition) is 2. The van der Waals surface area contributed by atoms with E-state index in [1.807, 2.05) is 26.0 Å². The zero-order valence-corrected chi connectivity index (χ0v) is 19.6. The zero-order chi connectivity index (χ0) is 22.1. The zero-order valence-electron chi connectivity index (χ0n) is 16.6. The van der Waals surface area contributed by atoms with Gasteiger partial charge in [0, 0.05) is 23.2 Å². The minimum Gasteiger partial charge on any atom is -0.352 e. The summed E-state index contributed by atoms with van der Waals surface area (Å²) in [5.74, 6) is -1.63. The number of anilines is 1. The maximum absolute atomic E-state index is 12.9. The van der Waals surface area contributed by atoms with Gasteiger partial charge in [-0.2, -0.15) is 0 Å². The summed E-state index contributed by atoms with van der Waals surface area (Å²) in [6.07, 6.45) is 1.84. The number of carbonyl (C=O) groups is 2. The number of unbranched alkanes of at least 4 members (excludes halogenated alkanes) is 1. The third-order valence-electron chi connectivity index (χ3n) is 5.05. The van der Waals surface area contributed by atoms with Crippen LogP contribution >= 0.6 is 46.4 Å². The summed E-state index contributed by atoms with van der Waals surface area (Å²) in [7, 11) is 0. The number of rotatable bonds is 7. The van der Waals surface area contributed by atoms with Gasteiger partial charge in [0.05, 0.1) is 16.5 Å². The lowest BCUT2D eigenvalue weighted by atomic mass is 10.1. The summed E-state index contributed by atoms with van der Waals surface area (Å²) >= 11 is 25.2.